The van der Waals surface area contributed by atoms with Gasteiger partial charge in [0.15, 0.2) is 5.78 Å². The maximum atomic E-state index is 12.7. The first-order chi connectivity index (χ1) is 8.69. The molecule has 0 bridgehead atoms. The highest BCUT2D eigenvalue weighted by Crippen LogP contribution is 2.19. The third-order valence-corrected chi connectivity index (χ3v) is 3.47. The number of Topliss-reactive ketones (excluding diaryl/α,β-unsaturated/α-hetero) is 1. The van der Waals surface area contributed by atoms with Crippen molar-refractivity contribution in [1.29, 1.82) is 0 Å². The van der Waals surface area contributed by atoms with E-state index in [-0.39, 0.29) is 11.6 Å². The molecule has 0 amide bonds. The summed E-state index contributed by atoms with van der Waals surface area (Å²) in [5.74, 6) is 0.0973. The first kappa shape index (κ1) is 12.8. The summed E-state index contributed by atoms with van der Waals surface area (Å²) in [5.41, 5.74) is 0.617. The fourth-order valence-corrected chi connectivity index (χ4v) is 2.24. The van der Waals surface area contributed by atoms with Gasteiger partial charge in [-0.15, -0.1) is 11.8 Å². The zero-order valence-electron chi connectivity index (χ0n) is 9.97. The molecule has 0 N–H and O–H groups in total. The Balaban J connectivity index is 1.93. The van der Waals surface area contributed by atoms with E-state index in [0.29, 0.717) is 11.3 Å². The van der Waals surface area contributed by atoms with Crippen LogP contribution in [0.4, 0.5) is 4.39 Å². The minimum Gasteiger partial charge on any atom is -0.293 e. The maximum Gasteiger partial charge on any atom is 0.176 e. The standard InChI is InChI=1S/C13H13FN2OS/c1-2-16-8-10(7-15-16)13(17)9-18-12-5-3-11(14)4-6-12/h3-8H,2,9H2,1H3. The fourth-order valence-electron chi connectivity index (χ4n) is 1.44. The van der Waals surface area contributed by atoms with E-state index in [2.05, 4.69) is 5.10 Å². The van der Waals surface area contributed by atoms with Crippen LogP contribution in [0.25, 0.3) is 0 Å². The monoisotopic (exact) mass is 264 g/mol. The number of hydrogen-bond donors (Lipinski definition) is 0. The summed E-state index contributed by atoms with van der Waals surface area (Å²) >= 11 is 1.40. The van der Waals surface area contributed by atoms with Gasteiger partial charge in [-0.25, -0.2) is 4.39 Å². The van der Waals surface area contributed by atoms with Gasteiger partial charge in [-0.3, -0.25) is 9.48 Å². The van der Waals surface area contributed by atoms with E-state index in [0.717, 1.165) is 11.4 Å². The van der Waals surface area contributed by atoms with E-state index in [4.69, 9.17) is 0 Å². The minimum absolute atomic E-state index is 0.0315. The Hall–Kier alpha value is -1.62. The van der Waals surface area contributed by atoms with E-state index in [1.165, 1.54) is 23.9 Å². The number of benzene rings is 1. The van der Waals surface area contributed by atoms with Crippen LogP contribution in [0.1, 0.15) is 17.3 Å². The van der Waals surface area contributed by atoms with Crippen LogP contribution in [0.15, 0.2) is 41.6 Å². The predicted octanol–water partition coefficient (Wildman–Crippen LogP) is 3.02. The number of aryl methyl sites for hydroxylation is 1. The van der Waals surface area contributed by atoms with E-state index < -0.39 is 0 Å². The Morgan fingerprint density at radius 1 is 1.39 bits per heavy atom. The summed E-state index contributed by atoms with van der Waals surface area (Å²) in [7, 11) is 0. The molecule has 2 rings (SSSR count). The van der Waals surface area contributed by atoms with Gasteiger partial charge in [-0.2, -0.15) is 5.10 Å². The molecular weight excluding hydrogens is 251 g/mol. The molecule has 0 saturated carbocycles. The van der Waals surface area contributed by atoms with Crippen molar-refractivity contribution in [3.05, 3.63) is 48.0 Å². The van der Waals surface area contributed by atoms with Gasteiger partial charge in [-0.05, 0) is 31.2 Å². The number of rotatable bonds is 5. The van der Waals surface area contributed by atoms with Gasteiger partial charge in [0.1, 0.15) is 5.82 Å². The second-order valence-corrected chi connectivity index (χ2v) is 4.80. The van der Waals surface area contributed by atoms with Crippen molar-refractivity contribution < 1.29 is 9.18 Å². The van der Waals surface area contributed by atoms with Gasteiger partial charge in [0, 0.05) is 17.6 Å². The third kappa shape index (κ3) is 3.20. The first-order valence-corrected chi connectivity index (χ1v) is 6.61. The number of halogens is 1. The molecule has 1 heterocycles. The minimum atomic E-state index is -0.269. The number of carbonyl (C=O) groups excluding carboxylic acids is 1. The second kappa shape index (κ2) is 5.82. The van der Waals surface area contributed by atoms with Crippen LogP contribution in [0.5, 0.6) is 0 Å². The van der Waals surface area contributed by atoms with Crippen LogP contribution in [0.2, 0.25) is 0 Å². The zero-order chi connectivity index (χ0) is 13.0. The largest absolute Gasteiger partial charge is 0.293 e. The molecule has 0 spiro atoms. The van der Waals surface area contributed by atoms with Crippen molar-refractivity contribution in [2.24, 2.45) is 0 Å². The van der Waals surface area contributed by atoms with Crippen LogP contribution in [0.3, 0.4) is 0 Å². The van der Waals surface area contributed by atoms with Crippen molar-refractivity contribution in [3.8, 4) is 0 Å². The van der Waals surface area contributed by atoms with Crippen molar-refractivity contribution in [2.75, 3.05) is 5.75 Å². The number of ketones is 1. The molecule has 0 saturated heterocycles. The molecule has 0 fully saturated rings. The molecular formula is C13H13FN2OS. The molecule has 0 aliphatic carbocycles. The maximum absolute atomic E-state index is 12.7. The van der Waals surface area contributed by atoms with E-state index in [9.17, 15) is 9.18 Å². The number of carbonyl (C=O) groups is 1. The Labute approximate surface area is 109 Å². The summed E-state index contributed by atoms with van der Waals surface area (Å²) in [6.45, 7) is 2.72. The summed E-state index contributed by atoms with van der Waals surface area (Å²) in [5, 5.41) is 4.06. The molecule has 0 atom stereocenters. The average Bonchev–Trinajstić information content (AvgIpc) is 2.86. The molecule has 3 nitrogen and oxygen atoms in total. The lowest BCUT2D eigenvalue weighted by atomic mass is 10.3. The van der Waals surface area contributed by atoms with Gasteiger partial charge >= 0.3 is 0 Å². The van der Waals surface area contributed by atoms with Gasteiger partial charge in [0.05, 0.1) is 17.5 Å². The number of hydrogen-bond acceptors (Lipinski definition) is 3. The topological polar surface area (TPSA) is 34.9 Å². The number of nitrogens with zero attached hydrogens (tertiary/aromatic N) is 2. The molecule has 0 radical (unpaired) electrons. The van der Waals surface area contributed by atoms with Gasteiger partial charge in [0.2, 0.25) is 0 Å². The summed E-state index contributed by atoms with van der Waals surface area (Å²) in [4.78, 5) is 12.7. The predicted molar refractivity (Wildman–Crippen MR) is 69.4 cm³/mol. The lowest BCUT2D eigenvalue weighted by molar-refractivity contribution is 0.102. The fraction of sp³-hybridized carbons (Fsp3) is 0.231. The Morgan fingerprint density at radius 2 is 2.11 bits per heavy atom. The molecule has 18 heavy (non-hydrogen) atoms. The van der Waals surface area contributed by atoms with E-state index in [1.807, 2.05) is 6.92 Å². The highest BCUT2D eigenvalue weighted by molar-refractivity contribution is 8.00. The second-order valence-electron chi connectivity index (χ2n) is 3.75. The molecule has 1 aromatic heterocycles. The molecule has 5 heteroatoms. The highest BCUT2D eigenvalue weighted by atomic mass is 32.2. The normalized spacial score (nSPS) is 10.6. The van der Waals surface area contributed by atoms with Crippen LogP contribution in [-0.4, -0.2) is 21.3 Å². The summed E-state index contributed by atoms with van der Waals surface area (Å²) in [6, 6.07) is 6.12. The van der Waals surface area contributed by atoms with Gasteiger partial charge < -0.3 is 0 Å². The number of thioether (sulfide) groups is 1. The Kier molecular flexibility index (Phi) is 4.15. The smallest absolute Gasteiger partial charge is 0.176 e. The lowest BCUT2D eigenvalue weighted by Gasteiger charge is -1.99. The van der Waals surface area contributed by atoms with E-state index >= 15 is 0 Å². The summed E-state index contributed by atoms with van der Waals surface area (Å²) < 4.78 is 14.4. The zero-order valence-corrected chi connectivity index (χ0v) is 10.8. The molecule has 0 aliphatic rings. The molecule has 1 aromatic carbocycles. The Morgan fingerprint density at radius 3 is 2.72 bits per heavy atom. The van der Waals surface area contributed by atoms with Crippen molar-refractivity contribution in [3.63, 3.8) is 0 Å². The molecule has 2 aromatic rings. The SMILES string of the molecule is CCn1cc(C(=O)CSc2ccc(F)cc2)cn1. The quantitative estimate of drug-likeness (QED) is 0.615. The average molecular weight is 264 g/mol. The Bertz CT molecular complexity index is 536. The van der Waals surface area contributed by atoms with Gasteiger partial charge in [0.25, 0.3) is 0 Å². The van der Waals surface area contributed by atoms with Crippen LogP contribution in [-0.2, 0) is 6.54 Å². The van der Waals surface area contributed by atoms with Crippen molar-refractivity contribution in [1.82, 2.24) is 9.78 Å². The molecule has 94 valence electrons. The summed E-state index contributed by atoms with van der Waals surface area (Å²) in [6.07, 6.45) is 3.32. The highest BCUT2D eigenvalue weighted by Gasteiger charge is 2.09. The first-order valence-electron chi connectivity index (χ1n) is 5.63. The van der Waals surface area contributed by atoms with Crippen LogP contribution >= 0.6 is 11.8 Å². The van der Waals surface area contributed by atoms with Crippen LogP contribution in [0, 0.1) is 5.82 Å². The van der Waals surface area contributed by atoms with Crippen molar-refractivity contribution >= 4 is 17.5 Å². The lowest BCUT2D eigenvalue weighted by Crippen LogP contribution is -2.01. The van der Waals surface area contributed by atoms with E-state index in [1.54, 1.807) is 29.2 Å². The molecule has 0 aliphatic heterocycles. The molecule has 0 unspecified atom stereocenters. The van der Waals surface area contributed by atoms with Gasteiger partial charge in [-0.1, -0.05) is 0 Å². The third-order valence-electron chi connectivity index (χ3n) is 2.46. The number of aromatic nitrogens is 2. The van der Waals surface area contributed by atoms with Crippen LogP contribution < -0.4 is 0 Å². The van der Waals surface area contributed by atoms with Crippen molar-refractivity contribution in [2.45, 2.75) is 18.4 Å².